The van der Waals surface area contributed by atoms with Crippen molar-refractivity contribution < 1.29 is 0 Å². The summed E-state index contributed by atoms with van der Waals surface area (Å²) in [6.07, 6.45) is 1.82. The molecule has 5 heteroatoms. The molecule has 0 aliphatic rings. The molecule has 1 aromatic heterocycles. The zero-order valence-electron chi connectivity index (χ0n) is 11.6. The van der Waals surface area contributed by atoms with Crippen LogP contribution in [-0.2, 0) is 12.3 Å². The van der Waals surface area contributed by atoms with Gasteiger partial charge in [-0.05, 0) is 24.3 Å². The van der Waals surface area contributed by atoms with Gasteiger partial charge < -0.3 is 5.32 Å². The largest absolute Gasteiger partial charge is 0.309 e. The monoisotopic (exact) mass is 307 g/mol. The minimum atomic E-state index is 0.453. The molecular formula is C15H18ClN3S. The molecule has 0 unspecified atom stereocenters. The van der Waals surface area contributed by atoms with Gasteiger partial charge in [-0.15, -0.1) is 11.8 Å². The molecule has 1 aromatic carbocycles. The second kappa shape index (κ2) is 7.62. The molecule has 20 heavy (non-hydrogen) atoms. The van der Waals surface area contributed by atoms with Gasteiger partial charge in [0.2, 0.25) is 0 Å². The third kappa shape index (κ3) is 5.12. The molecule has 1 N–H and O–H groups in total. The van der Waals surface area contributed by atoms with Gasteiger partial charge in [0.15, 0.2) is 0 Å². The number of thioether (sulfide) groups is 1. The highest BCUT2D eigenvalue weighted by atomic mass is 35.5. The van der Waals surface area contributed by atoms with Gasteiger partial charge in [0.25, 0.3) is 0 Å². The Kier molecular flexibility index (Phi) is 5.83. The Morgan fingerprint density at radius 1 is 1.30 bits per heavy atom. The van der Waals surface area contributed by atoms with E-state index < -0.39 is 0 Å². The predicted octanol–water partition coefficient (Wildman–Crippen LogP) is 3.92. The summed E-state index contributed by atoms with van der Waals surface area (Å²) in [7, 11) is 0. The summed E-state index contributed by atoms with van der Waals surface area (Å²) in [5.41, 5.74) is 1.02. The summed E-state index contributed by atoms with van der Waals surface area (Å²) in [4.78, 5) is 10.00. The lowest BCUT2D eigenvalue weighted by molar-refractivity contribution is 0.579. The lowest BCUT2D eigenvalue weighted by Crippen LogP contribution is -2.22. The fourth-order valence-corrected chi connectivity index (χ4v) is 2.70. The maximum Gasteiger partial charge on any atom is 0.138 e. The first-order valence-electron chi connectivity index (χ1n) is 6.56. The van der Waals surface area contributed by atoms with Crippen LogP contribution in [0.4, 0.5) is 0 Å². The average Bonchev–Trinajstić information content (AvgIpc) is 2.43. The molecule has 2 rings (SSSR count). The van der Waals surface area contributed by atoms with E-state index in [1.165, 1.54) is 0 Å². The predicted molar refractivity (Wildman–Crippen MR) is 85.0 cm³/mol. The van der Waals surface area contributed by atoms with Crippen molar-refractivity contribution in [2.24, 2.45) is 0 Å². The Balaban J connectivity index is 1.94. The number of benzene rings is 1. The molecule has 0 radical (unpaired) electrons. The first kappa shape index (κ1) is 15.3. The quantitative estimate of drug-likeness (QED) is 0.821. The summed E-state index contributed by atoms with van der Waals surface area (Å²) >= 11 is 7.66. The molecule has 0 amide bonds. The van der Waals surface area contributed by atoms with Crippen molar-refractivity contribution in [3.63, 3.8) is 0 Å². The number of aromatic nitrogens is 2. The van der Waals surface area contributed by atoms with E-state index in [4.69, 9.17) is 11.6 Å². The SMILES string of the molecule is CC(C)NCc1ccnc(CSc2cccc(Cl)c2)n1. The van der Waals surface area contributed by atoms with Crippen molar-refractivity contribution in [2.45, 2.75) is 37.1 Å². The number of nitrogens with one attached hydrogen (secondary N) is 1. The highest BCUT2D eigenvalue weighted by Crippen LogP contribution is 2.23. The molecule has 2 aromatic rings. The van der Waals surface area contributed by atoms with Crippen LogP contribution in [-0.4, -0.2) is 16.0 Å². The topological polar surface area (TPSA) is 37.8 Å². The Hall–Kier alpha value is -1.10. The maximum absolute atomic E-state index is 5.97. The summed E-state index contributed by atoms with van der Waals surface area (Å²) in [6.45, 7) is 5.02. The van der Waals surface area contributed by atoms with Gasteiger partial charge in [-0.3, -0.25) is 0 Å². The van der Waals surface area contributed by atoms with E-state index in [2.05, 4.69) is 29.1 Å². The van der Waals surface area contributed by atoms with Crippen molar-refractivity contribution >= 4 is 23.4 Å². The molecule has 0 aliphatic carbocycles. The lowest BCUT2D eigenvalue weighted by atomic mass is 10.3. The van der Waals surface area contributed by atoms with Gasteiger partial charge in [-0.1, -0.05) is 31.5 Å². The van der Waals surface area contributed by atoms with Crippen molar-refractivity contribution in [1.29, 1.82) is 0 Å². The van der Waals surface area contributed by atoms with Crippen LogP contribution in [0.5, 0.6) is 0 Å². The van der Waals surface area contributed by atoms with E-state index in [1.807, 2.05) is 36.5 Å². The van der Waals surface area contributed by atoms with E-state index in [-0.39, 0.29) is 0 Å². The standard InChI is InChI=1S/C15H18ClN3S/c1-11(2)18-9-13-6-7-17-15(19-13)10-20-14-5-3-4-12(16)8-14/h3-8,11,18H,9-10H2,1-2H3. The third-order valence-electron chi connectivity index (χ3n) is 2.62. The van der Waals surface area contributed by atoms with E-state index in [9.17, 15) is 0 Å². The summed E-state index contributed by atoms with van der Waals surface area (Å²) < 4.78 is 0. The zero-order chi connectivity index (χ0) is 14.4. The number of nitrogens with zero attached hydrogens (tertiary/aromatic N) is 2. The fraction of sp³-hybridized carbons (Fsp3) is 0.333. The van der Waals surface area contributed by atoms with Crippen molar-refractivity contribution in [3.8, 4) is 0 Å². The van der Waals surface area contributed by atoms with E-state index in [1.54, 1.807) is 11.8 Å². The smallest absolute Gasteiger partial charge is 0.138 e. The molecular weight excluding hydrogens is 290 g/mol. The second-order valence-corrected chi connectivity index (χ2v) is 6.23. The average molecular weight is 308 g/mol. The van der Waals surface area contributed by atoms with Gasteiger partial charge >= 0.3 is 0 Å². The minimum Gasteiger partial charge on any atom is -0.309 e. The van der Waals surface area contributed by atoms with Gasteiger partial charge in [0.05, 0.1) is 11.4 Å². The number of hydrogen-bond donors (Lipinski definition) is 1. The second-order valence-electron chi connectivity index (χ2n) is 4.75. The van der Waals surface area contributed by atoms with Crippen LogP contribution in [0.15, 0.2) is 41.4 Å². The Morgan fingerprint density at radius 2 is 2.15 bits per heavy atom. The Morgan fingerprint density at radius 3 is 2.90 bits per heavy atom. The van der Waals surface area contributed by atoms with Crippen molar-refractivity contribution in [1.82, 2.24) is 15.3 Å². The third-order valence-corrected chi connectivity index (χ3v) is 3.84. The van der Waals surface area contributed by atoms with Crippen LogP contribution in [0.2, 0.25) is 5.02 Å². The molecule has 3 nitrogen and oxygen atoms in total. The van der Waals surface area contributed by atoms with Crippen molar-refractivity contribution in [3.05, 3.63) is 53.1 Å². The van der Waals surface area contributed by atoms with Crippen LogP contribution in [0.3, 0.4) is 0 Å². The number of rotatable bonds is 6. The van der Waals surface area contributed by atoms with Crippen LogP contribution in [0.25, 0.3) is 0 Å². The molecule has 0 saturated heterocycles. The number of hydrogen-bond acceptors (Lipinski definition) is 4. The van der Waals surface area contributed by atoms with Gasteiger partial charge in [0, 0.05) is 28.7 Å². The van der Waals surface area contributed by atoms with Gasteiger partial charge in [-0.2, -0.15) is 0 Å². The van der Waals surface area contributed by atoms with Gasteiger partial charge in [-0.25, -0.2) is 9.97 Å². The van der Waals surface area contributed by atoms with Crippen LogP contribution < -0.4 is 5.32 Å². The van der Waals surface area contributed by atoms with Crippen LogP contribution in [0.1, 0.15) is 25.4 Å². The lowest BCUT2D eigenvalue weighted by Gasteiger charge is -2.08. The van der Waals surface area contributed by atoms with E-state index in [0.717, 1.165) is 33.7 Å². The summed E-state index contributed by atoms with van der Waals surface area (Å²) in [5.74, 6) is 1.59. The van der Waals surface area contributed by atoms with Crippen LogP contribution in [0, 0.1) is 0 Å². The molecule has 1 heterocycles. The van der Waals surface area contributed by atoms with E-state index >= 15 is 0 Å². The molecule has 0 bridgehead atoms. The summed E-state index contributed by atoms with van der Waals surface area (Å²) in [6, 6.07) is 10.2. The number of halogens is 1. The molecule has 0 spiro atoms. The zero-order valence-corrected chi connectivity index (χ0v) is 13.2. The molecule has 0 aliphatic heterocycles. The Labute approximate surface area is 129 Å². The Bertz CT molecular complexity index is 560. The highest BCUT2D eigenvalue weighted by Gasteiger charge is 2.02. The maximum atomic E-state index is 5.97. The minimum absolute atomic E-state index is 0.453. The van der Waals surface area contributed by atoms with Crippen LogP contribution >= 0.6 is 23.4 Å². The highest BCUT2D eigenvalue weighted by molar-refractivity contribution is 7.98. The van der Waals surface area contributed by atoms with E-state index in [0.29, 0.717) is 6.04 Å². The summed E-state index contributed by atoms with van der Waals surface area (Å²) in [5, 5.41) is 4.11. The normalized spacial score (nSPS) is 11.0. The molecule has 106 valence electrons. The fourth-order valence-electron chi connectivity index (χ4n) is 1.62. The molecule has 0 fully saturated rings. The first-order chi connectivity index (χ1) is 9.63. The first-order valence-corrected chi connectivity index (χ1v) is 7.92. The molecule has 0 saturated carbocycles. The molecule has 0 atom stereocenters. The van der Waals surface area contributed by atoms with Crippen molar-refractivity contribution in [2.75, 3.05) is 0 Å². The van der Waals surface area contributed by atoms with Gasteiger partial charge in [0.1, 0.15) is 5.82 Å².